The van der Waals surface area contributed by atoms with Crippen molar-refractivity contribution in [1.82, 2.24) is 15.1 Å². The van der Waals surface area contributed by atoms with Crippen molar-refractivity contribution in [2.24, 2.45) is 18.9 Å². The number of rotatable bonds is 3. The maximum Gasteiger partial charge on any atom is 0.273 e. The lowest BCUT2D eigenvalue weighted by atomic mass is 9.82. The number of aromatic nitrogens is 2. The lowest BCUT2D eigenvalue weighted by Gasteiger charge is -2.26. The van der Waals surface area contributed by atoms with Crippen LogP contribution in [0.25, 0.3) is 0 Å². The van der Waals surface area contributed by atoms with Gasteiger partial charge in [0.1, 0.15) is 0 Å². The molecule has 1 amide bonds. The number of anilines is 1. The second kappa shape index (κ2) is 5.42. The van der Waals surface area contributed by atoms with Crippen molar-refractivity contribution >= 4 is 11.6 Å². The van der Waals surface area contributed by atoms with Crippen LogP contribution in [0.1, 0.15) is 43.1 Å². The Morgan fingerprint density at radius 3 is 3.00 bits per heavy atom. The summed E-state index contributed by atoms with van der Waals surface area (Å²) in [7, 11) is 1.76. The molecule has 0 bridgehead atoms. The number of carbonyl (C=O) groups is 1. The van der Waals surface area contributed by atoms with Crippen molar-refractivity contribution in [3.8, 4) is 0 Å². The summed E-state index contributed by atoms with van der Waals surface area (Å²) in [4.78, 5) is 11.9. The van der Waals surface area contributed by atoms with Gasteiger partial charge in [-0.05, 0) is 24.7 Å². The van der Waals surface area contributed by atoms with Crippen LogP contribution in [0.5, 0.6) is 0 Å². The lowest BCUT2D eigenvalue weighted by molar-refractivity contribution is 0.0936. The van der Waals surface area contributed by atoms with Crippen LogP contribution >= 0.6 is 0 Å². The Morgan fingerprint density at radius 1 is 1.61 bits per heavy atom. The minimum Gasteiger partial charge on any atom is -0.396 e. The summed E-state index contributed by atoms with van der Waals surface area (Å²) in [6.07, 6.45) is 6.66. The zero-order valence-electron chi connectivity index (χ0n) is 11.1. The molecule has 1 aromatic heterocycles. The molecule has 18 heavy (non-hydrogen) atoms. The van der Waals surface area contributed by atoms with Gasteiger partial charge in [0.05, 0.1) is 5.69 Å². The summed E-state index contributed by atoms with van der Waals surface area (Å²) in [5.41, 5.74) is 6.50. The third-order valence-corrected chi connectivity index (χ3v) is 3.67. The number of hydrogen-bond acceptors (Lipinski definition) is 3. The van der Waals surface area contributed by atoms with E-state index >= 15 is 0 Å². The first-order valence-electron chi connectivity index (χ1n) is 6.63. The van der Waals surface area contributed by atoms with Gasteiger partial charge in [0.25, 0.3) is 5.91 Å². The molecule has 0 radical (unpaired) electrons. The standard InChI is InChI=1S/C13H22N4O/c1-9-4-3-5-10(6-9)7-15-13(18)12-11(14)8-17(2)16-12/h8-10H,3-7,14H2,1-2H3,(H,15,18). The van der Waals surface area contributed by atoms with Gasteiger partial charge in [-0.15, -0.1) is 0 Å². The first-order valence-corrected chi connectivity index (χ1v) is 6.63. The largest absolute Gasteiger partial charge is 0.396 e. The normalized spacial score (nSPS) is 23.9. The van der Waals surface area contributed by atoms with Gasteiger partial charge in [-0.3, -0.25) is 9.48 Å². The van der Waals surface area contributed by atoms with Crippen molar-refractivity contribution in [2.45, 2.75) is 32.6 Å². The summed E-state index contributed by atoms with van der Waals surface area (Å²) in [5.74, 6) is 1.22. The first kappa shape index (κ1) is 12.9. The number of carbonyl (C=O) groups excluding carboxylic acids is 1. The number of nitrogens with two attached hydrogens (primary N) is 1. The van der Waals surface area contributed by atoms with E-state index in [1.165, 1.54) is 25.7 Å². The zero-order valence-corrected chi connectivity index (χ0v) is 11.1. The predicted molar refractivity (Wildman–Crippen MR) is 71.1 cm³/mol. The maximum atomic E-state index is 11.9. The van der Waals surface area contributed by atoms with Crippen LogP contribution in [0, 0.1) is 11.8 Å². The number of nitrogen functional groups attached to an aromatic ring is 1. The third-order valence-electron chi connectivity index (χ3n) is 3.67. The highest BCUT2D eigenvalue weighted by Gasteiger charge is 2.20. The second-order valence-electron chi connectivity index (χ2n) is 5.45. The second-order valence-corrected chi connectivity index (χ2v) is 5.45. The van der Waals surface area contributed by atoms with E-state index in [0.29, 0.717) is 17.3 Å². The number of aryl methyl sites for hydroxylation is 1. The van der Waals surface area contributed by atoms with Crippen LogP contribution in [0.3, 0.4) is 0 Å². The quantitative estimate of drug-likeness (QED) is 0.855. The smallest absolute Gasteiger partial charge is 0.273 e. The third kappa shape index (κ3) is 3.03. The minimum atomic E-state index is -0.161. The molecule has 3 N–H and O–H groups in total. The summed E-state index contributed by atoms with van der Waals surface area (Å²) >= 11 is 0. The molecule has 5 heteroatoms. The summed E-state index contributed by atoms with van der Waals surface area (Å²) < 4.78 is 1.56. The molecule has 0 aromatic carbocycles. The topological polar surface area (TPSA) is 72.9 Å². The lowest BCUT2D eigenvalue weighted by Crippen LogP contribution is -2.32. The average molecular weight is 250 g/mol. The Balaban J connectivity index is 1.86. The van der Waals surface area contributed by atoms with Gasteiger partial charge >= 0.3 is 0 Å². The van der Waals surface area contributed by atoms with Crippen LogP contribution in [0.4, 0.5) is 5.69 Å². The van der Waals surface area contributed by atoms with Gasteiger partial charge in [-0.25, -0.2) is 0 Å². The molecule has 100 valence electrons. The highest BCUT2D eigenvalue weighted by Crippen LogP contribution is 2.27. The van der Waals surface area contributed by atoms with Gasteiger partial charge in [0.15, 0.2) is 5.69 Å². The van der Waals surface area contributed by atoms with Crippen LogP contribution in [0.15, 0.2) is 6.20 Å². The fourth-order valence-electron chi connectivity index (χ4n) is 2.75. The van der Waals surface area contributed by atoms with Gasteiger partial charge in [-0.1, -0.05) is 19.8 Å². The maximum absolute atomic E-state index is 11.9. The van der Waals surface area contributed by atoms with Gasteiger partial charge in [0, 0.05) is 19.8 Å². The van der Waals surface area contributed by atoms with E-state index in [4.69, 9.17) is 5.73 Å². The van der Waals surface area contributed by atoms with Crippen molar-refractivity contribution in [3.63, 3.8) is 0 Å². The van der Waals surface area contributed by atoms with Crippen molar-refractivity contribution < 1.29 is 4.79 Å². The monoisotopic (exact) mass is 250 g/mol. The Labute approximate surface area is 108 Å². The van der Waals surface area contributed by atoms with Crippen LogP contribution in [0.2, 0.25) is 0 Å². The summed E-state index contributed by atoms with van der Waals surface area (Å²) in [5, 5.41) is 7.02. The molecule has 0 saturated heterocycles. The summed E-state index contributed by atoms with van der Waals surface area (Å²) in [6, 6.07) is 0. The van der Waals surface area contributed by atoms with E-state index < -0.39 is 0 Å². The highest BCUT2D eigenvalue weighted by atomic mass is 16.1. The number of nitrogens with zero attached hydrogens (tertiary/aromatic N) is 2. The number of hydrogen-bond donors (Lipinski definition) is 2. The first-order chi connectivity index (χ1) is 8.56. The molecule has 0 aliphatic heterocycles. The SMILES string of the molecule is CC1CCCC(CNC(=O)c2nn(C)cc2N)C1. The van der Waals surface area contributed by atoms with Gasteiger partial charge in [-0.2, -0.15) is 5.10 Å². The van der Waals surface area contributed by atoms with Crippen LogP contribution < -0.4 is 11.1 Å². The Bertz CT molecular complexity index is 427. The molecule has 0 spiro atoms. The molecule has 1 aromatic rings. The molecule has 1 heterocycles. The Morgan fingerprint density at radius 2 is 2.39 bits per heavy atom. The molecule has 5 nitrogen and oxygen atoms in total. The molecule has 2 unspecified atom stereocenters. The minimum absolute atomic E-state index is 0.161. The van der Waals surface area contributed by atoms with E-state index in [-0.39, 0.29) is 5.91 Å². The molecule has 1 aliphatic rings. The molecule has 1 fully saturated rings. The van der Waals surface area contributed by atoms with Crippen molar-refractivity contribution in [3.05, 3.63) is 11.9 Å². The number of amides is 1. The fraction of sp³-hybridized carbons (Fsp3) is 0.692. The Hall–Kier alpha value is -1.52. The van der Waals surface area contributed by atoms with E-state index in [1.807, 2.05) is 0 Å². The molecule has 2 rings (SSSR count). The van der Waals surface area contributed by atoms with E-state index in [1.54, 1.807) is 17.9 Å². The molecule has 1 saturated carbocycles. The van der Waals surface area contributed by atoms with E-state index in [9.17, 15) is 4.79 Å². The zero-order chi connectivity index (χ0) is 13.1. The molecule has 1 aliphatic carbocycles. The van der Waals surface area contributed by atoms with E-state index in [0.717, 1.165) is 12.5 Å². The summed E-state index contributed by atoms with van der Waals surface area (Å²) in [6.45, 7) is 3.02. The van der Waals surface area contributed by atoms with Crippen LogP contribution in [-0.2, 0) is 7.05 Å². The van der Waals surface area contributed by atoms with E-state index in [2.05, 4.69) is 17.3 Å². The average Bonchev–Trinajstić information content (AvgIpc) is 2.66. The van der Waals surface area contributed by atoms with Gasteiger partial charge < -0.3 is 11.1 Å². The molecular formula is C13H22N4O. The van der Waals surface area contributed by atoms with Crippen molar-refractivity contribution in [1.29, 1.82) is 0 Å². The predicted octanol–water partition coefficient (Wildman–Crippen LogP) is 1.56. The fourth-order valence-corrected chi connectivity index (χ4v) is 2.75. The van der Waals surface area contributed by atoms with Gasteiger partial charge in [0.2, 0.25) is 0 Å². The molecule has 2 atom stereocenters. The Kier molecular flexibility index (Phi) is 3.89. The molecular weight excluding hydrogens is 228 g/mol. The highest BCUT2D eigenvalue weighted by molar-refractivity contribution is 5.96. The van der Waals surface area contributed by atoms with Crippen molar-refractivity contribution in [2.75, 3.05) is 12.3 Å². The van der Waals surface area contributed by atoms with Crippen LogP contribution in [-0.4, -0.2) is 22.2 Å². The number of nitrogens with one attached hydrogen (secondary N) is 1.